The third-order valence-electron chi connectivity index (χ3n) is 2.39. The number of halogens is 1. The highest BCUT2D eigenvalue weighted by atomic mass is 35.5. The Morgan fingerprint density at radius 1 is 1.62 bits per heavy atom. The fourth-order valence-corrected chi connectivity index (χ4v) is 1.73. The van der Waals surface area contributed by atoms with Crippen molar-refractivity contribution in [2.24, 2.45) is 5.73 Å². The molecule has 0 fully saturated rings. The van der Waals surface area contributed by atoms with Crippen LogP contribution in [0, 0.1) is 6.92 Å². The lowest BCUT2D eigenvalue weighted by Gasteiger charge is -2.15. The van der Waals surface area contributed by atoms with Gasteiger partial charge in [-0.05, 0) is 18.6 Å². The SMILES string of the molecule is COc1c(Cl)ccc(C)c1CC(N)C(=O)O. The Morgan fingerprint density at radius 2 is 2.25 bits per heavy atom. The Labute approximate surface area is 99.0 Å². The first kappa shape index (κ1) is 12.8. The summed E-state index contributed by atoms with van der Waals surface area (Å²) in [6.07, 6.45) is 0.199. The Morgan fingerprint density at radius 3 is 2.75 bits per heavy atom. The normalized spacial score (nSPS) is 12.2. The lowest BCUT2D eigenvalue weighted by Crippen LogP contribution is -2.32. The molecule has 16 heavy (non-hydrogen) atoms. The summed E-state index contributed by atoms with van der Waals surface area (Å²) in [6, 6.07) is 2.58. The van der Waals surface area contributed by atoms with Gasteiger partial charge in [-0.2, -0.15) is 0 Å². The Balaban J connectivity index is 3.11. The predicted octanol–water partition coefficient (Wildman–Crippen LogP) is 1.61. The molecule has 88 valence electrons. The zero-order valence-corrected chi connectivity index (χ0v) is 9.91. The third-order valence-corrected chi connectivity index (χ3v) is 2.69. The zero-order chi connectivity index (χ0) is 12.3. The molecule has 0 saturated carbocycles. The van der Waals surface area contributed by atoms with Gasteiger partial charge < -0.3 is 15.6 Å². The number of methoxy groups -OCH3 is 1. The lowest BCUT2D eigenvalue weighted by molar-refractivity contribution is -0.138. The van der Waals surface area contributed by atoms with E-state index in [0.29, 0.717) is 10.8 Å². The smallest absolute Gasteiger partial charge is 0.320 e. The minimum Gasteiger partial charge on any atom is -0.495 e. The number of aliphatic carboxylic acids is 1. The van der Waals surface area contributed by atoms with Crippen LogP contribution in [0.5, 0.6) is 5.75 Å². The molecule has 0 aliphatic rings. The summed E-state index contributed by atoms with van der Waals surface area (Å²) in [7, 11) is 1.50. The van der Waals surface area contributed by atoms with E-state index in [0.717, 1.165) is 11.1 Å². The van der Waals surface area contributed by atoms with Gasteiger partial charge >= 0.3 is 5.97 Å². The summed E-state index contributed by atoms with van der Waals surface area (Å²) in [5, 5.41) is 9.23. The summed E-state index contributed by atoms with van der Waals surface area (Å²) in [5.74, 6) is -0.542. The number of benzene rings is 1. The van der Waals surface area contributed by atoms with Crippen LogP contribution >= 0.6 is 11.6 Å². The highest BCUT2D eigenvalue weighted by Crippen LogP contribution is 2.31. The molecule has 0 radical (unpaired) electrons. The number of rotatable bonds is 4. The first-order valence-electron chi connectivity index (χ1n) is 4.77. The van der Waals surface area contributed by atoms with Gasteiger partial charge in [0.25, 0.3) is 0 Å². The average molecular weight is 244 g/mol. The minimum absolute atomic E-state index is 0.199. The van der Waals surface area contributed by atoms with Gasteiger partial charge in [0, 0.05) is 12.0 Å². The molecule has 0 heterocycles. The minimum atomic E-state index is -1.04. The molecule has 0 aliphatic carbocycles. The van der Waals surface area contributed by atoms with Crippen molar-refractivity contribution in [3.63, 3.8) is 0 Å². The standard InChI is InChI=1S/C11H14ClNO3/c1-6-3-4-8(12)10(16-2)7(6)5-9(13)11(14)15/h3-4,9H,5,13H2,1-2H3,(H,14,15). The van der Waals surface area contributed by atoms with E-state index in [1.165, 1.54) is 7.11 Å². The van der Waals surface area contributed by atoms with Crippen molar-refractivity contribution < 1.29 is 14.6 Å². The highest BCUT2D eigenvalue weighted by molar-refractivity contribution is 6.32. The van der Waals surface area contributed by atoms with Crippen LogP contribution < -0.4 is 10.5 Å². The number of carbonyl (C=O) groups is 1. The van der Waals surface area contributed by atoms with Crippen molar-refractivity contribution in [3.8, 4) is 5.75 Å². The number of hydrogen-bond donors (Lipinski definition) is 2. The van der Waals surface area contributed by atoms with Gasteiger partial charge in [-0.15, -0.1) is 0 Å². The molecule has 1 atom stereocenters. The number of carboxylic acids is 1. The molecule has 1 rings (SSSR count). The maximum Gasteiger partial charge on any atom is 0.320 e. The van der Waals surface area contributed by atoms with Crippen LogP contribution in [-0.2, 0) is 11.2 Å². The predicted molar refractivity (Wildman–Crippen MR) is 62.1 cm³/mol. The third kappa shape index (κ3) is 2.65. The molecular weight excluding hydrogens is 230 g/mol. The Hall–Kier alpha value is -1.26. The van der Waals surface area contributed by atoms with Crippen LogP contribution in [0.1, 0.15) is 11.1 Å². The molecular formula is C11H14ClNO3. The van der Waals surface area contributed by atoms with Crippen molar-refractivity contribution in [1.82, 2.24) is 0 Å². The van der Waals surface area contributed by atoms with Gasteiger partial charge in [0.2, 0.25) is 0 Å². The average Bonchev–Trinajstić information content (AvgIpc) is 2.23. The van der Waals surface area contributed by atoms with Gasteiger partial charge in [0.1, 0.15) is 11.8 Å². The van der Waals surface area contributed by atoms with Crippen molar-refractivity contribution in [3.05, 3.63) is 28.3 Å². The van der Waals surface area contributed by atoms with Crippen LogP contribution in [0.25, 0.3) is 0 Å². The molecule has 0 aromatic heterocycles. The number of carboxylic acid groups (broad SMARTS) is 1. The Bertz CT molecular complexity index is 406. The molecule has 4 nitrogen and oxygen atoms in total. The van der Waals surface area contributed by atoms with Gasteiger partial charge in [-0.1, -0.05) is 17.7 Å². The monoisotopic (exact) mass is 243 g/mol. The van der Waals surface area contributed by atoms with E-state index >= 15 is 0 Å². The quantitative estimate of drug-likeness (QED) is 0.843. The van der Waals surface area contributed by atoms with E-state index in [-0.39, 0.29) is 6.42 Å². The molecule has 0 saturated heterocycles. The van der Waals surface area contributed by atoms with E-state index in [9.17, 15) is 4.79 Å². The molecule has 0 bridgehead atoms. The van der Waals surface area contributed by atoms with E-state index in [1.54, 1.807) is 6.07 Å². The van der Waals surface area contributed by atoms with Crippen LogP contribution in [0.2, 0.25) is 5.02 Å². The van der Waals surface area contributed by atoms with Crippen LogP contribution in [0.15, 0.2) is 12.1 Å². The fraction of sp³-hybridized carbons (Fsp3) is 0.364. The van der Waals surface area contributed by atoms with Crippen molar-refractivity contribution in [2.75, 3.05) is 7.11 Å². The second kappa shape index (κ2) is 5.18. The molecule has 3 N–H and O–H groups in total. The molecule has 5 heteroatoms. The summed E-state index contributed by atoms with van der Waals surface area (Å²) in [4.78, 5) is 10.7. The van der Waals surface area contributed by atoms with Crippen LogP contribution in [0.4, 0.5) is 0 Å². The van der Waals surface area contributed by atoms with Gasteiger partial charge in [-0.25, -0.2) is 0 Å². The number of ether oxygens (including phenoxy) is 1. The summed E-state index contributed by atoms with van der Waals surface area (Å²) < 4.78 is 5.16. The number of nitrogens with two attached hydrogens (primary N) is 1. The maximum absolute atomic E-state index is 10.7. The molecule has 1 aromatic rings. The molecule has 1 aromatic carbocycles. The summed E-state index contributed by atoms with van der Waals surface area (Å²) in [6.45, 7) is 1.86. The second-order valence-corrected chi connectivity index (χ2v) is 3.93. The number of hydrogen-bond acceptors (Lipinski definition) is 3. The van der Waals surface area contributed by atoms with Gasteiger partial charge in [-0.3, -0.25) is 4.79 Å². The van der Waals surface area contributed by atoms with Crippen molar-refractivity contribution in [1.29, 1.82) is 0 Å². The maximum atomic E-state index is 10.7. The molecule has 1 unspecified atom stereocenters. The Kier molecular flexibility index (Phi) is 4.15. The van der Waals surface area contributed by atoms with E-state index < -0.39 is 12.0 Å². The summed E-state index contributed by atoms with van der Waals surface area (Å²) >= 11 is 5.95. The second-order valence-electron chi connectivity index (χ2n) is 3.52. The fourth-order valence-electron chi connectivity index (χ4n) is 1.48. The van der Waals surface area contributed by atoms with Gasteiger partial charge in [0.05, 0.1) is 12.1 Å². The lowest BCUT2D eigenvalue weighted by atomic mass is 10.0. The first-order valence-corrected chi connectivity index (χ1v) is 5.15. The summed E-state index contributed by atoms with van der Waals surface area (Å²) in [5.41, 5.74) is 7.15. The molecule has 0 amide bonds. The van der Waals surface area contributed by atoms with Gasteiger partial charge in [0.15, 0.2) is 0 Å². The van der Waals surface area contributed by atoms with Crippen molar-refractivity contribution >= 4 is 17.6 Å². The van der Waals surface area contributed by atoms with Crippen molar-refractivity contribution in [2.45, 2.75) is 19.4 Å². The molecule has 0 aliphatic heterocycles. The van der Waals surface area contributed by atoms with Crippen LogP contribution in [-0.4, -0.2) is 24.2 Å². The van der Waals surface area contributed by atoms with Crippen LogP contribution in [0.3, 0.4) is 0 Å². The van der Waals surface area contributed by atoms with E-state index in [4.69, 9.17) is 27.2 Å². The van der Waals surface area contributed by atoms with E-state index in [2.05, 4.69) is 0 Å². The first-order chi connectivity index (χ1) is 7.47. The number of aryl methyl sites for hydroxylation is 1. The zero-order valence-electron chi connectivity index (χ0n) is 9.16. The van der Waals surface area contributed by atoms with E-state index in [1.807, 2.05) is 13.0 Å². The molecule has 0 spiro atoms. The highest BCUT2D eigenvalue weighted by Gasteiger charge is 2.18. The largest absolute Gasteiger partial charge is 0.495 e. The topological polar surface area (TPSA) is 72.5 Å².